The van der Waals surface area contributed by atoms with Crippen molar-refractivity contribution in [1.82, 2.24) is 15.3 Å². The van der Waals surface area contributed by atoms with E-state index in [9.17, 15) is 9.90 Å². The monoisotopic (exact) mass is 299 g/mol. The van der Waals surface area contributed by atoms with E-state index in [2.05, 4.69) is 22.2 Å². The fourth-order valence-corrected chi connectivity index (χ4v) is 1.53. The van der Waals surface area contributed by atoms with E-state index in [-0.39, 0.29) is 17.4 Å². The molecule has 0 aromatic carbocycles. The van der Waals surface area contributed by atoms with Gasteiger partial charge in [-0.1, -0.05) is 40.0 Å². The summed E-state index contributed by atoms with van der Waals surface area (Å²) in [7, 11) is 2.50. The molecule has 21 heavy (non-hydrogen) atoms. The summed E-state index contributed by atoms with van der Waals surface area (Å²) in [6.07, 6.45) is 6.54. The zero-order valence-corrected chi connectivity index (χ0v) is 13.8. The lowest BCUT2D eigenvalue weighted by molar-refractivity contribution is 0.0954. The van der Waals surface area contributed by atoms with Gasteiger partial charge >= 0.3 is 0 Å². The number of aryl methyl sites for hydroxylation is 1. The predicted molar refractivity (Wildman–Crippen MR) is 84.4 cm³/mol. The Morgan fingerprint density at radius 2 is 1.86 bits per heavy atom. The molecule has 0 atom stereocenters. The van der Waals surface area contributed by atoms with Crippen LogP contribution in [0.25, 0.3) is 0 Å². The maximum absolute atomic E-state index is 11.4. The van der Waals surface area contributed by atoms with Crippen LogP contribution in [0.5, 0.6) is 5.75 Å². The van der Waals surface area contributed by atoms with Crippen molar-refractivity contribution < 1.29 is 15.0 Å². The zero-order chi connectivity index (χ0) is 16.7. The van der Waals surface area contributed by atoms with Gasteiger partial charge in [-0.3, -0.25) is 4.79 Å². The number of hydrogen-bond acceptors (Lipinski definition) is 5. The number of carbonyl (C=O) groups excluding carboxylic acids is 1. The molecule has 0 aliphatic rings. The predicted octanol–water partition coefficient (Wildman–Crippen LogP) is 2.30. The third-order valence-corrected chi connectivity index (χ3v) is 2.52. The molecule has 0 aliphatic heterocycles. The molecule has 1 aromatic rings. The Morgan fingerprint density at radius 1 is 1.24 bits per heavy atom. The average molecular weight is 299 g/mol. The van der Waals surface area contributed by atoms with E-state index < -0.39 is 0 Å². The summed E-state index contributed by atoms with van der Waals surface area (Å²) >= 11 is 0. The Hall–Kier alpha value is -1.69. The third-order valence-electron chi connectivity index (χ3n) is 2.52. The lowest BCUT2D eigenvalue weighted by Gasteiger charge is -2.04. The molecule has 1 heterocycles. The Labute approximate surface area is 127 Å². The Balaban J connectivity index is 0. The van der Waals surface area contributed by atoms with Crippen LogP contribution in [-0.2, 0) is 6.42 Å². The van der Waals surface area contributed by atoms with Crippen LogP contribution in [0.15, 0.2) is 6.20 Å². The van der Waals surface area contributed by atoms with Gasteiger partial charge < -0.3 is 15.5 Å². The lowest BCUT2D eigenvalue weighted by Crippen LogP contribution is -2.20. The molecule has 1 aromatic heterocycles. The summed E-state index contributed by atoms with van der Waals surface area (Å²) < 4.78 is 0. The average Bonchev–Trinajstić information content (AvgIpc) is 2.56. The highest BCUT2D eigenvalue weighted by molar-refractivity contribution is 5.94. The fraction of sp³-hybridized carbons (Fsp3) is 0.667. The fourth-order valence-electron chi connectivity index (χ4n) is 1.53. The van der Waals surface area contributed by atoms with Crippen LogP contribution >= 0.6 is 0 Å². The number of aromatic nitrogens is 2. The van der Waals surface area contributed by atoms with E-state index in [1.165, 1.54) is 26.1 Å². The standard InChI is InChI=1S/C12H19N3O2.C2H6.CH4O/c1-3-4-5-6-7-10-14-8-9(16)11(15-10)12(17)13-2;2*1-2/h8,16H,3-7H2,1-2H3,(H,13,17);1-2H3;2H,1H3. The molecule has 0 aliphatic carbocycles. The van der Waals surface area contributed by atoms with E-state index in [4.69, 9.17) is 5.11 Å². The van der Waals surface area contributed by atoms with Crippen molar-refractivity contribution in [3.05, 3.63) is 17.7 Å². The molecule has 1 amide bonds. The molecular weight excluding hydrogens is 270 g/mol. The summed E-state index contributed by atoms with van der Waals surface area (Å²) in [5, 5.41) is 18.9. The number of rotatable bonds is 6. The molecular formula is C15H29N3O3. The van der Waals surface area contributed by atoms with Gasteiger partial charge in [0.1, 0.15) is 5.82 Å². The maximum Gasteiger partial charge on any atom is 0.273 e. The highest BCUT2D eigenvalue weighted by atomic mass is 16.3. The number of aromatic hydroxyl groups is 1. The normalized spacial score (nSPS) is 8.86. The van der Waals surface area contributed by atoms with Crippen molar-refractivity contribution in [3.63, 3.8) is 0 Å². The van der Waals surface area contributed by atoms with Crippen molar-refractivity contribution in [1.29, 1.82) is 0 Å². The minimum Gasteiger partial charge on any atom is -0.504 e. The second-order valence-corrected chi connectivity index (χ2v) is 3.91. The lowest BCUT2D eigenvalue weighted by atomic mass is 10.1. The number of unbranched alkanes of at least 4 members (excludes halogenated alkanes) is 3. The first-order valence-corrected chi connectivity index (χ1v) is 7.40. The molecule has 6 heteroatoms. The van der Waals surface area contributed by atoms with Crippen molar-refractivity contribution in [2.45, 2.75) is 52.9 Å². The van der Waals surface area contributed by atoms with Crippen LogP contribution in [0.2, 0.25) is 0 Å². The number of aliphatic hydroxyl groups excluding tert-OH is 1. The number of nitrogens with zero attached hydrogens (tertiary/aromatic N) is 2. The quantitative estimate of drug-likeness (QED) is 0.701. The van der Waals surface area contributed by atoms with Gasteiger partial charge in [-0.15, -0.1) is 0 Å². The molecule has 0 fully saturated rings. The number of carbonyl (C=O) groups is 1. The Morgan fingerprint density at radius 3 is 2.38 bits per heavy atom. The number of amides is 1. The Bertz CT molecular complexity index is 384. The molecule has 6 nitrogen and oxygen atoms in total. The van der Waals surface area contributed by atoms with Gasteiger partial charge in [0.05, 0.1) is 6.20 Å². The largest absolute Gasteiger partial charge is 0.504 e. The smallest absolute Gasteiger partial charge is 0.273 e. The highest BCUT2D eigenvalue weighted by Crippen LogP contribution is 2.13. The molecule has 0 radical (unpaired) electrons. The Kier molecular flexibility index (Phi) is 15.1. The first kappa shape index (κ1) is 21.6. The maximum atomic E-state index is 11.4. The van der Waals surface area contributed by atoms with Gasteiger partial charge in [0, 0.05) is 20.6 Å². The molecule has 0 spiro atoms. The molecule has 0 bridgehead atoms. The van der Waals surface area contributed by atoms with Crippen LogP contribution in [0.4, 0.5) is 0 Å². The summed E-state index contributed by atoms with van der Waals surface area (Å²) in [5.41, 5.74) is 0.0491. The van der Waals surface area contributed by atoms with E-state index in [0.717, 1.165) is 26.4 Å². The minimum absolute atomic E-state index is 0.0491. The van der Waals surface area contributed by atoms with Crippen LogP contribution in [0, 0.1) is 0 Å². The van der Waals surface area contributed by atoms with Crippen molar-refractivity contribution in [2.75, 3.05) is 14.2 Å². The summed E-state index contributed by atoms with van der Waals surface area (Å²) in [6, 6.07) is 0. The van der Waals surface area contributed by atoms with Crippen LogP contribution < -0.4 is 5.32 Å². The van der Waals surface area contributed by atoms with E-state index >= 15 is 0 Å². The zero-order valence-electron chi connectivity index (χ0n) is 13.8. The summed E-state index contributed by atoms with van der Waals surface area (Å²) in [6.45, 7) is 6.15. The van der Waals surface area contributed by atoms with Gasteiger partial charge in [-0.25, -0.2) is 9.97 Å². The molecule has 122 valence electrons. The minimum atomic E-state index is -0.389. The SMILES string of the molecule is CC.CCCCCCc1ncc(O)c(C(=O)NC)n1.CO. The second kappa shape index (κ2) is 14.7. The molecule has 0 saturated carbocycles. The molecule has 3 N–H and O–H groups in total. The van der Waals surface area contributed by atoms with Gasteiger partial charge in [-0.05, 0) is 6.42 Å². The van der Waals surface area contributed by atoms with Crippen LogP contribution in [-0.4, -0.2) is 40.2 Å². The van der Waals surface area contributed by atoms with E-state index in [0.29, 0.717) is 5.82 Å². The van der Waals surface area contributed by atoms with Gasteiger partial charge in [0.25, 0.3) is 5.91 Å². The van der Waals surface area contributed by atoms with Gasteiger partial charge in [0.2, 0.25) is 0 Å². The first-order chi connectivity index (χ1) is 10.2. The van der Waals surface area contributed by atoms with Crippen molar-refractivity contribution >= 4 is 5.91 Å². The summed E-state index contributed by atoms with van der Waals surface area (Å²) in [4.78, 5) is 19.5. The van der Waals surface area contributed by atoms with Gasteiger partial charge in [-0.2, -0.15) is 0 Å². The van der Waals surface area contributed by atoms with Crippen LogP contribution in [0.1, 0.15) is 62.8 Å². The summed E-state index contributed by atoms with van der Waals surface area (Å²) in [5.74, 6) is 0.0406. The number of aliphatic hydroxyl groups is 1. The second-order valence-electron chi connectivity index (χ2n) is 3.91. The van der Waals surface area contributed by atoms with Gasteiger partial charge in [0.15, 0.2) is 11.4 Å². The topological polar surface area (TPSA) is 95.3 Å². The van der Waals surface area contributed by atoms with Crippen molar-refractivity contribution in [2.24, 2.45) is 0 Å². The first-order valence-electron chi connectivity index (χ1n) is 7.40. The number of nitrogens with one attached hydrogen (secondary N) is 1. The highest BCUT2D eigenvalue weighted by Gasteiger charge is 2.12. The van der Waals surface area contributed by atoms with E-state index in [1.807, 2.05) is 13.8 Å². The molecule has 0 unspecified atom stereocenters. The molecule has 1 rings (SSSR count). The van der Waals surface area contributed by atoms with Crippen LogP contribution in [0.3, 0.4) is 0 Å². The van der Waals surface area contributed by atoms with Crippen molar-refractivity contribution in [3.8, 4) is 5.75 Å². The van der Waals surface area contributed by atoms with E-state index in [1.54, 1.807) is 0 Å². The molecule has 0 saturated heterocycles. The number of hydrogen-bond donors (Lipinski definition) is 3. The third kappa shape index (κ3) is 8.96.